The van der Waals surface area contributed by atoms with E-state index in [9.17, 15) is 0 Å². The maximum absolute atomic E-state index is 5.45. The van der Waals surface area contributed by atoms with Crippen molar-refractivity contribution in [3.63, 3.8) is 0 Å². The molecule has 1 aliphatic rings. The number of anilines is 1. The zero-order chi connectivity index (χ0) is 19.8. The molecule has 1 fully saturated rings. The molecule has 0 unspecified atom stereocenters. The minimum absolute atomic E-state index is 0. The van der Waals surface area contributed by atoms with Gasteiger partial charge in [-0.1, -0.05) is 24.3 Å². The summed E-state index contributed by atoms with van der Waals surface area (Å²) in [5.74, 6) is 0.778. The van der Waals surface area contributed by atoms with Gasteiger partial charge >= 0.3 is 0 Å². The SMILES string of the molecule is CN=C(NCc1csc(N(C)C)n1)NCc1ccccc1CN1CCOCC1.I. The quantitative estimate of drug-likeness (QED) is 0.326. The summed E-state index contributed by atoms with van der Waals surface area (Å²) in [5, 5.41) is 9.86. The number of ether oxygens (including phenoxy) is 1. The molecule has 0 amide bonds. The van der Waals surface area contributed by atoms with E-state index in [4.69, 9.17) is 4.74 Å². The van der Waals surface area contributed by atoms with Crippen LogP contribution in [0.5, 0.6) is 0 Å². The number of aliphatic imine (C=N–C) groups is 1. The van der Waals surface area contributed by atoms with Crippen LogP contribution in [0.15, 0.2) is 34.6 Å². The van der Waals surface area contributed by atoms with Crippen molar-refractivity contribution in [3.05, 3.63) is 46.5 Å². The molecule has 0 saturated carbocycles. The van der Waals surface area contributed by atoms with Gasteiger partial charge in [-0.15, -0.1) is 35.3 Å². The topological polar surface area (TPSA) is 65.0 Å². The fourth-order valence-corrected chi connectivity index (χ4v) is 3.80. The van der Waals surface area contributed by atoms with E-state index in [0.29, 0.717) is 6.54 Å². The third-order valence-corrected chi connectivity index (χ3v) is 5.70. The normalized spacial score (nSPS) is 14.9. The van der Waals surface area contributed by atoms with Crippen molar-refractivity contribution in [2.45, 2.75) is 19.6 Å². The lowest BCUT2D eigenvalue weighted by atomic mass is 10.1. The predicted molar refractivity (Wildman–Crippen MR) is 131 cm³/mol. The molecule has 1 aromatic carbocycles. The Labute approximate surface area is 194 Å². The number of halogens is 1. The van der Waals surface area contributed by atoms with Gasteiger partial charge in [-0.25, -0.2) is 4.98 Å². The second-order valence-electron chi connectivity index (χ2n) is 6.95. The number of hydrogen-bond acceptors (Lipinski definition) is 6. The first-order chi connectivity index (χ1) is 13.7. The Morgan fingerprint density at radius 1 is 1.17 bits per heavy atom. The molecule has 2 aromatic rings. The Kier molecular flexibility index (Phi) is 10.1. The van der Waals surface area contributed by atoms with Crippen molar-refractivity contribution < 1.29 is 4.74 Å². The van der Waals surface area contributed by atoms with Gasteiger partial charge in [0.25, 0.3) is 0 Å². The van der Waals surface area contributed by atoms with Crippen LogP contribution in [0.3, 0.4) is 0 Å². The minimum atomic E-state index is 0. The Bertz CT molecular complexity index is 776. The van der Waals surface area contributed by atoms with E-state index < -0.39 is 0 Å². The smallest absolute Gasteiger partial charge is 0.191 e. The lowest BCUT2D eigenvalue weighted by Crippen LogP contribution is -2.37. The highest BCUT2D eigenvalue weighted by atomic mass is 127. The summed E-state index contributed by atoms with van der Waals surface area (Å²) in [4.78, 5) is 13.4. The Morgan fingerprint density at radius 3 is 2.52 bits per heavy atom. The van der Waals surface area contributed by atoms with Crippen molar-refractivity contribution in [2.24, 2.45) is 4.99 Å². The summed E-state index contributed by atoms with van der Waals surface area (Å²) in [6.07, 6.45) is 0. The number of rotatable bonds is 7. The van der Waals surface area contributed by atoms with Crippen molar-refractivity contribution in [2.75, 3.05) is 52.3 Å². The van der Waals surface area contributed by atoms with Gasteiger partial charge in [-0.05, 0) is 11.1 Å². The van der Waals surface area contributed by atoms with Crippen molar-refractivity contribution in [3.8, 4) is 0 Å². The summed E-state index contributed by atoms with van der Waals surface area (Å²) in [5.41, 5.74) is 3.66. The molecule has 0 aliphatic carbocycles. The van der Waals surface area contributed by atoms with Crippen LogP contribution < -0.4 is 15.5 Å². The largest absolute Gasteiger partial charge is 0.379 e. The van der Waals surface area contributed by atoms with Gasteiger partial charge in [0.05, 0.1) is 25.5 Å². The highest BCUT2D eigenvalue weighted by Gasteiger charge is 2.13. The van der Waals surface area contributed by atoms with E-state index in [2.05, 4.69) is 55.2 Å². The summed E-state index contributed by atoms with van der Waals surface area (Å²) in [6, 6.07) is 8.59. The molecule has 1 aliphatic heterocycles. The predicted octanol–water partition coefficient (Wildman–Crippen LogP) is 2.52. The second-order valence-corrected chi connectivity index (χ2v) is 7.79. The molecule has 29 heavy (non-hydrogen) atoms. The first kappa shape index (κ1) is 23.8. The number of nitrogens with zero attached hydrogens (tertiary/aromatic N) is 4. The molecule has 1 aromatic heterocycles. The van der Waals surface area contributed by atoms with Crippen molar-refractivity contribution in [1.29, 1.82) is 0 Å². The van der Waals surface area contributed by atoms with Crippen LogP contribution in [0.25, 0.3) is 0 Å². The van der Waals surface area contributed by atoms with Gasteiger partial charge in [-0.2, -0.15) is 0 Å². The number of guanidine groups is 1. The van der Waals surface area contributed by atoms with Crippen LogP contribution in [0.4, 0.5) is 5.13 Å². The van der Waals surface area contributed by atoms with E-state index >= 15 is 0 Å². The third-order valence-electron chi connectivity index (χ3n) is 4.65. The lowest BCUT2D eigenvalue weighted by molar-refractivity contribution is 0.0341. The van der Waals surface area contributed by atoms with E-state index in [1.807, 2.05) is 19.0 Å². The summed E-state index contributed by atoms with van der Waals surface area (Å²) >= 11 is 1.65. The number of nitrogens with one attached hydrogen (secondary N) is 2. The average Bonchev–Trinajstić information content (AvgIpc) is 3.19. The molecule has 160 valence electrons. The van der Waals surface area contributed by atoms with Gasteiger partial charge in [0.2, 0.25) is 0 Å². The first-order valence-electron chi connectivity index (χ1n) is 9.59. The Balaban J connectivity index is 0.00000300. The molecule has 2 N–H and O–H groups in total. The molecule has 0 atom stereocenters. The van der Waals surface area contributed by atoms with Gasteiger partial charge in [0, 0.05) is 52.7 Å². The van der Waals surface area contributed by atoms with Gasteiger partial charge in [0.1, 0.15) is 0 Å². The zero-order valence-corrected chi connectivity index (χ0v) is 20.5. The molecule has 7 nitrogen and oxygen atoms in total. The molecular formula is C20H31IN6OS. The maximum atomic E-state index is 5.45. The van der Waals surface area contributed by atoms with Gasteiger partial charge in [0.15, 0.2) is 11.1 Å². The summed E-state index contributed by atoms with van der Waals surface area (Å²) < 4.78 is 5.45. The molecule has 3 rings (SSSR count). The van der Waals surface area contributed by atoms with Crippen LogP contribution in [-0.2, 0) is 24.4 Å². The number of morpholine rings is 1. The van der Waals surface area contributed by atoms with E-state index in [0.717, 1.165) is 56.2 Å². The van der Waals surface area contributed by atoms with E-state index in [1.165, 1.54) is 11.1 Å². The van der Waals surface area contributed by atoms with Crippen LogP contribution in [-0.4, -0.2) is 63.3 Å². The van der Waals surface area contributed by atoms with Crippen LogP contribution in [0, 0.1) is 0 Å². The fourth-order valence-electron chi connectivity index (χ4n) is 3.04. The average molecular weight is 530 g/mol. The van der Waals surface area contributed by atoms with Gasteiger partial charge in [-0.3, -0.25) is 9.89 Å². The lowest BCUT2D eigenvalue weighted by Gasteiger charge is -2.27. The molecule has 0 spiro atoms. The van der Waals surface area contributed by atoms with E-state index in [1.54, 1.807) is 18.4 Å². The standard InChI is InChI=1S/C20H30N6OS.HI/c1-21-19(23-13-18-15-28-20(24-18)25(2)3)22-12-16-6-4-5-7-17(16)14-26-8-10-27-11-9-26;/h4-7,15H,8-14H2,1-3H3,(H2,21,22,23);1H. The number of hydrogen-bond donors (Lipinski definition) is 2. The van der Waals surface area contributed by atoms with Crippen LogP contribution >= 0.6 is 35.3 Å². The number of aromatic nitrogens is 1. The molecule has 0 bridgehead atoms. The molecule has 9 heteroatoms. The van der Waals surface area contributed by atoms with Crippen molar-refractivity contribution >= 4 is 46.4 Å². The zero-order valence-electron chi connectivity index (χ0n) is 17.4. The number of benzene rings is 1. The third kappa shape index (κ3) is 7.40. The van der Waals surface area contributed by atoms with E-state index in [-0.39, 0.29) is 24.0 Å². The molecule has 2 heterocycles. The fraction of sp³-hybridized carbons (Fsp3) is 0.500. The monoisotopic (exact) mass is 530 g/mol. The van der Waals surface area contributed by atoms with Crippen molar-refractivity contribution in [1.82, 2.24) is 20.5 Å². The molecule has 0 radical (unpaired) electrons. The maximum Gasteiger partial charge on any atom is 0.191 e. The first-order valence-corrected chi connectivity index (χ1v) is 10.5. The minimum Gasteiger partial charge on any atom is -0.379 e. The summed E-state index contributed by atoms with van der Waals surface area (Å²) in [6.45, 7) is 5.98. The Morgan fingerprint density at radius 2 is 1.86 bits per heavy atom. The number of thiazole rings is 1. The molecular weight excluding hydrogens is 499 g/mol. The van der Waals surface area contributed by atoms with Gasteiger partial charge < -0.3 is 20.3 Å². The highest BCUT2D eigenvalue weighted by Crippen LogP contribution is 2.17. The molecule has 1 saturated heterocycles. The van der Waals surface area contributed by atoms with Crippen LogP contribution in [0.2, 0.25) is 0 Å². The van der Waals surface area contributed by atoms with Crippen LogP contribution in [0.1, 0.15) is 16.8 Å². The second kappa shape index (κ2) is 12.3. The summed E-state index contributed by atoms with van der Waals surface area (Å²) in [7, 11) is 5.80. The Hall–Kier alpha value is -1.43. The highest BCUT2D eigenvalue weighted by molar-refractivity contribution is 14.0.